The van der Waals surface area contributed by atoms with Crippen LogP contribution in [0.25, 0.3) is 0 Å². The number of urea groups is 1. The Hall–Kier alpha value is -0.990. The maximum Gasteiger partial charge on any atom is 0.392 e. The molecule has 2 rings (SSSR count). The minimum Gasteiger partial charge on any atom is -0.651 e. The molecular weight excluding hydrogens is 260 g/mol. The fourth-order valence-electron chi connectivity index (χ4n) is 1.68. The largest absolute Gasteiger partial charge is 0.651 e. The number of hydrogen-bond donors (Lipinski definition) is 1. The molecular formula is C9H11N4O2S2-. The Balaban J connectivity index is 2.44. The summed E-state index contributed by atoms with van der Waals surface area (Å²) in [6.45, 7) is 2.24. The van der Waals surface area contributed by atoms with Gasteiger partial charge in [-0.2, -0.15) is 0 Å². The number of amides is 3. The molecule has 0 aliphatic carbocycles. The number of hydrogen-bond acceptors (Lipinski definition) is 5. The molecule has 1 aliphatic heterocycles. The van der Waals surface area contributed by atoms with E-state index in [2.05, 4.69) is 9.97 Å². The molecule has 1 aliphatic rings. The van der Waals surface area contributed by atoms with Crippen LogP contribution in [-0.2, 0) is 25.6 Å². The van der Waals surface area contributed by atoms with E-state index in [0.29, 0.717) is 6.42 Å². The number of imide groups is 1. The van der Waals surface area contributed by atoms with E-state index in [0.717, 1.165) is 10.7 Å². The molecule has 6 nitrogen and oxygen atoms in total. The number of quaternary nitrogens is 1. The second-order valence-electron chi connectivity index (χ2n) is 3.80. The summed E-state index contributed by atoms with van der Waals surface area (Å²) in [5.74, 6) is -0.280. The van der Waals surface area contributed by atoms with Crippen molar-refractivity contribution in [3.05, 3.63) is 12.0 Å². The van der Waals surface area contributed by atoms with Gasteiger partial charge in [0.2, 0.25) is 0 Å². The standard InChI is InChI=1S/C9H11N4O2S2/c1-2-3-4-13(17)8(14)6-7(11-5-10-6)12(16)9(13)15/h5H,2-4H2,1H3,(H,10,11)/q-1. The molecule has 0 saturated carbocycles. The maximum absolute atomic E-state index is 12.2. The summed E-state index contributed by atoms with van der Waals surface area (Å²) < 4.78 is 0.197. The average Bonchev–Trinajstić information content (AvgIpc) is 2.80. The SMILES string of the molecule is CCCC[N+]1([S-])C(=O)c2[nH]cnc2N([S-])C1=O. The Bertz CT molecular complexity index is 475. The van der Waals surface area contributed by atoms with Gasteiger partial charge in [0.25, 0.3) is 0 Å². The molecule has 1 N–H and O–H groups in total. The topological polar surface area (TPSA) is 66.1 Å². The number of nitrogens with one attached hydrogen (secondary N) is 1. The van der Waals surface area contributed by atoms with Crippen LogP contribution in [0.1, 0.15) is 30.3 Å². The Morgan fingerprint density at radius 3 is 2.88 bits per heavy atom. The van der Waals surface area contributed by atoms with Crippen LogP contribution in [0.5, 0.6) is 0 Å². The molecule has 1 aromatic heterocycles. The second-order valence-corrected chi connectivity index (χ2v) is 4.79. The van der Waals surface area contributed by atoms with Gasteiger partial charge < -0.3 is 34.9 Å². The Morgan fingerprint density at radius 2 is 2.24 bits per heavy atom. The van der Waals surface area contributed by atoms with Gasteiger partial charge in [0, 0.05) is 0 Å². The van der Waals surface area contributed by atoms with Crippen molar-refractivity contribution in [3.63, 3.8) is 0 Å². The van der Waals surface area contributed by atoms with Crippen molar-refractivity contribution in [2.24, 2.45) is 0 Å². The number of carbonyl (C=O) groups is 2. The van der Waals surface area contributed by atoms with E-state index in [-0.39, 0.29) is 18.1 Å². The number of rotatable bonds is 3. The van der Waals surface area contributed by atoms with E-state index in [9.17, 15) is 9.59 Å². The van der Waals surface area contributed by atoms with E-state index in [1.165, 1.54) is 6.33 Å². The molecule has 17 heavy (non-hydrogen) atoms. The zero-order chi connectivity index (χ0) is 12.6. The molecule has 0 bridgehead atoms. The molecule has 1 atom stereocenters. The van der Waals surface area contributed by atoms with Gasteiger partial charge in [0.15, 0.2) is 11.5 Å². The predicted octanol–water partition coefficient (Wildman–Crippen LogP) is 1.03. The van der Waals surface area contributed by atoms with Crippen LogP contribution in [-0.4, -0.2) is 32.3 Å². The Morgan fingerprint density at radius 1 is 1.53 bits per heavy atom. The van der Waals surface area contributed by atoms with E-state index < -0.39 is 15.8 Å². The first-order chi connectivity index (χ1) is 8.02. The molecule has 2 heterocycles. The van der Waals surface area contributed by atoms with Gasteiger partial charge in [0.1, 0.15) is 0 Å². The van der Waals surface area contributed by atoms with E-state index in [1.807, 2.05) is 6.92 Å². The van der Waals surface area contributed by atoms with Crippen molar-refractivity contribution in [2.75, 3.05) is 10.8 Å². The van der Waals surface area contributed by atoms with Crippen LogP contribution < -0.4 is 4.31 Å². The van der Waals surface area contributed by atoms with Gasteiger partial charge in [-0.25, -0.2) is 14.6 Å². The van der Waals surface area contributed by atoms with Crippen molar-refractivity contribution in [2.45, 2.75) is 19.8 Å². The van der Waals surface area contributed by atoms with Crippen LogP contribution in [0.15, 0.2) is 6.33 Å². The summed E-state index contributed by atoms with van der Waals surface area (Å²) in [6.07, 6.45) is 2.87. The quantitative estimate of drug-likeness (QED) is 0.657. The molecule has 0 saturated heterocycles. The molecule has 1 unspecified atom stereocenters. The minimum absolute atomic E-state index is 0.171. The number of H-pyrrole nitrogens is 1. The highest BCUT2D eigenvalue weighted by Gasteiger charge is 2.43. The van der Waals surface area contributed by atoms with Crippen LogP contribution >= 0.6 is 0 Å². The van der Waals surface area contributed by atoms with Crippen LogP contribution in [0, 0.1) is 0 Å². The lowest BCUT2D eigenvalue weighted by Crippen LogP contribution is -2.60. The molecule has 3 amide bonds. The van der Waals surface area contributed by atoms with E-state index >= 15 is 0 Å². The third kappa shape index (κ3) is 1.76. The smallest absolute Gasteiger partial charge is 0.392 e. The van der Waals surface area contributed by atoms with Gasteiger partial charge in [-0.05, 0) is 6.42 Å². The second kappa shape index (κ2) is 4.35. The van der Waals surface area contributed by atoms with Gasteiger partial charge >= 0.3 is 11.9 Å². The maximum atomic E-state index is 12.2. The first-order valence-electron chi connectivity index (χ1n) is 5.21. The summed E-state index contributed by atoms with van der Waals surface area (Å²) in [5, 5.41) is 0. The zero-order valence-electron chi connectivity index (χ0n) is 9.17. The third-order valence-corrected chi connectivity index (χ3v) is 3.50. The molecule has 8 heteroatoms. The van der Waals surface area contributed by atoms with Crippen LogP contribution in [0.3, 0.4) is 0 Å². The average molecular weight is 271 g/mol. The third-order valence-electron chi connectivity index (χ3n) is 2.66. The van der Waals surface area contributed by atoms with Gasteiger partial charge in [0.05, 0.1) is 12.9 Å². The van der Waals surface area contributed by atoms with Crippen LogP contribution in [0.2, 0.25) is 0 Å². The number of imidazole rings is 1. The highest BCUT2D eigenvalue weighted by molar-refractivity contribution is 7.62. The highest BCUT2D eigenvalue weighted by atomic mass is 32.1. The lowest BCUT2D eigenvalue weighted by molar-refractivity contribution is -0.616. The van der Waals surface area contributed by atoms with Crippen LogP contribution in [0.4, 0.5) is 10.6 Å². The number of anilines is 1. The number of aromatic amines is 1. The van der Waals surface area contributed by atoms with Gasteiger partial charge in [-0.3, -0.25) is 3.89 Å². The number of carbonyl (C=O) groups excluding carboxylic acids is 2. The van der Waals surface area contributed by atoms with Crippen molar-refractivity contribution in [1.29, 1.82) is 0 Å². The fraction of sp³-hybridized carbons (Fsp3) is 0.444. The lowest BCUT2D eigenvalue weighted by Gasteiger charge is -2.46. The molecule has 0 radical (unpaired) electrons. The van der Waals surface area contributed by atoms with E-state index in [1.54, 1.807) is 0 Å². The first-order valence-corrected chi connectivity index (χ1v) is 5.94. The Labute approximate surface area is 110 Å². The summed E-state index contributed by atoms with van der Waals surface area (Å²) in [4.78, 5) is 30.7. The minimum atomic E-state index is -0.730. The van der Waals surface area contributed by atoms with E-state index in [4.69, 9.17) is 25.6 Å². The summed E-state index contributed by atoms with van der Waals surface area (Å²) in [5.41, 5.74) is 0.214. The number of fused-ring (bicyclic) bond motifs is 1. The number of unbranched alkanes of at least 4 members (excludes halogenated alkanes) is 1. The lowest BCUT2D eigenvalue weighted by atomic mass is 10.2. The summed E-state index contributed by atoms with van der Waals surface area (Å²) in [7, 11) is 0. The number of aromatic nitrogens is 2. The van der Waals surface area contributed by atoms with Crippen molar-refractivity contribution < 1.29 is 13.5 Å². The van der Waals surface area contributed by atoms with Gasteiger partial charge in [-0.1, -0.05) is 13.3 Å². The molecule has 1 aromatic rings. The molecule has 0 spiro atoms. The monoisotopic (exact) mass is 271 g/mol. The fourth-order valence-corrected chi connectivity index (χ4v) is 2.31. The molecule has 0 fully saturated rings. The normalized spacial score (nSPS) is 24.1. The Kier molecular flexibility index (Phi) is 3.19. The van der Waals surface area contributed by atoms with Crippen molar-refractivity contribution in [1.82, 2.24) is 9.97 Å². The van der Waals surface area contributed by atoms with Gasteiger partial charge in [-0.15, -0.1) is 0 Å². The highest BCUT2D eigenvalue weighted by Crippen LogP contribution is 2.29. The molecule has 92 valence electrons. The molecule has 0 aromatic carbocycles. The first kappa shape index (κ1) is 12.5. The zero-order valence-corrected chi connectivity index (χ0v) is 10.8. The summed E-state index contributed by atoms with van der Waals surface area (Å²) in [6, 6.07) is -0.590. The van der Waals surface area contributed by atoms with Crippen molar-refractivity contribution >= 4 is 43.4 Å². The van der Waals surface area contributed by atoms with Crippen molar-refractivity contribution in [3.8, 4) is 0 Å². The summed E-state index contributed by atoms with van der Waals surface area (Å²) >= 11 is 10.1. The number of nitrogens with zero attached hydrogens (tertiary/aromatic N) is 3. The predicted molar refractivity (Wildman–Crippen MR) is 65.6 cm³/mol.